The van der Waals surface area contributed by atoms with Crippen molar-refractivity contribution in [2.45, 2.75) is 122 Å². The van der Waals surface area contributed by atoms with Crippen molar-refractivity contribution in [1.82, 2.24) is 15.5 Å². The number of amides is 4. The number of carbonyl (C=O) groups is 4. The molecule has 17 nitrogen and oxygen atoms in total. The lowest BCUT2D eigenvalue weighted by Gasteiger charge is -2.36. The van der Waals surface area contributed by atoms with Gasteiger partial charge in [-0.05, 0) is 114 Å². The average Bonchev–Trinajstić information content (AvgIpc) is 3.89. The van der Waals surface area contributed by atoms with Crippen LogP contribution in [0.25, 0.3) is 0 Å². The Morgan fingerprint density at radius 3 is 2.16 bits per heavy atom. The van der Waals surface area contributed by atoms with Gasteiger partial charge in [0.25, 0.3) is 27.8 Å². The van der Waals surface area contributed by atoms with Crippen LogP contribution in [0, 0.1) is 27.7 Å². The number of anilines is 1. The molecule has 0 saturated heterocycles. The molecule has 4 aliphatic heterocycles. The summed E-state index contributed by atoms with van der Waals surface area (Å²) in [5.74, 6) is -0.163. The van der Waals surface area contributed by atoms with Gasteiger partial charge >= 0.3 is 0 Å². The monoisotopic (exact) mass is 1070 g/mol. The van der Waals surface area contributed by atoms with Gasteiger partial charge in [-0.1, -0.05) is 37.6 Å². The molecule has 0 spiro atoms. The fourth-order valence-corrected chi connectivity index (χ4v) is 11.1. The number of phenols is 1. The predicted molar refractivity (Wildman–Crippen MR) is 290 cm³/mol. The van der Waals surface area contributed by atoms with Crippen LogP contribution in [-0.2, 0) is 60.8 Å². The molecular weight excluding hydrogens is 991 g/mol. The van der Waals surface area contributed by atoms with E-state index < -0.39 is 21.1 Å². The van der Waals surface area contributed by atoms with E-state index in [2.05, 4.69) is 77.3 Å². The third-order valence-electron chi connectivity index (χ3n) is 15.3. The summed E-state index contributed by atoms with van der Waals surface area (Å²) >= 11 is 0. The molecule has 0 radical (unpaired) electrons. The number of fused-ring (bicyclic) bond motifs is 3. The van der Waals surface area contributed by atoms with Crippen molar-refractivity contribution in [1.29, 1.82) is 0 Å². The van der Waals surface area contributed by atoms with Crippen LogP contribution >= 0.6 is 0 Å². The number of hydrogen-bond acceptors (Lipinski definition) is 12. The topological polar surface area (TPSA) is 213 Å². The van der Waals surface area contributed by atoms with Crippen LogP contribution < -0.4 is 20.3 Å². The number of nitrogens with one attached hydrogen (secondary N) is 2. The Labute approximate surface area is 447 Å². The Hall–Kier alpha value is -6.18. The number of aromatic hydroxyl groups is 1. The standard InChI is InChI=1S/C58H75N5O12S/c1-38-17-19-46-44(36-38)56(5,6)49(62(46)29-31-73-33-35-74-34-32-72-30-26-60-55(68)58(9)24-23-43-41(4)53(67)39(2)40(3)54(43)75-58)15-13-14-48-57(7,8)45-37-42(76(69,70)71)18-20-47(45)61(48)27-12-10-11-16-50(64)59-25-28-63-51(65)21-22-52(63)66/h13-15,17-22,36-37H,10-12,16,23-35H2,1-9H3,(H3-,59,60,64,67,68,69,70,71)/p+1. The van der Waals surface area contributed by atoms with Gasteiger partial charge in [-0.2, -0.15) is 13.0 Å². The Morgan fingerprint density at radius 2 is 1.46 bits per heavy atom. The third-order valence-corrected chi connectivity index (χ3v) is 16.1. The van der Waals surface area contributed by atoms with E-state index in [-0.39, 0.29) is 52.8 Å². The molecule has 4 amide bonds. The van der Waals surface area contributed by atoms with Crippen molar-refractivity contribution >= 4 is 50.8 Å². The number of rotatable bonds is 25. The molecule has 0 aliphatic carbocycles. The Balaban J connectivity index is 0.903. The molecule has 4 N–H and O–H groups in total. The maximum Gasteiger partial charge on any atom is 0.294 e. The minimum atomic E-state index is -4.45. The molecular formula is C58H76N5O12S+. The van der Waals surface area contributed by atoms with Crippen LogP contribution in [-0.4, -0.2) is 135 Å². The molecule has 3 aromatic rings. The van der Waals surface area contributed by atoms with Crippen molar-refractivity contribution in [2.75, 3.05) is 77.3 Å². The lowest BCUT2D eigenvalue weighted by molar-refractivity contribution is -0.438. The number of ether oxygens (including phenoxy) is 4. The number of unbranched alkanes of at least 4 members (excludes halogenated alkanes) is 2. The largest absolute Gasteiger partial charge is 0.507 e. The van der Waals surface area contributed by atoms with Gasteiger partial charge in [0, 0.05) is 97.7 Å². The molecule has 410 valence electrons. The van der Waals surface area contributed by atoms with Gasteiger partial charge in [-0.3, -0.25) is 28.6 Å². The van der Waals surface area contributed by atoms with Crippen molar-refractivity contribution in [3.63, 3.8) is 0 Å². The minimum absolute atomic E-state index is 0.115. The van der Waals surface area contributed by atoms with Gasteiger partial charge in [0.05, 0.1) is 50.0 Å². The summed E-state index contributed by atoms with van der Waals surface area (Å²) in [6.07, 6.45) is 12.2. The van der Waals surface area contributed by atoms with E-state index in [0.717, 1.165) is 73.9 Å². The molecule has 1 atom stereocenters. The second-order valence-electron chi connectivity index (χ2n) is 21.3. The number of aryl methyl sites for hydroxylation is 1. The fraction of sp³-hybridized carbons (Fsp3) is 0.500. The van der Waals surface area contributed by atoms with Crippen molar-refractivity contribution in [3.05, 3.63) is 111 Å². The number of hydrogen-bond donors (Lipinski definition) is 4. The normalized spacial score (nSPS) is 18.9. The molecule has 1 unspecified atom stereocenters. The molecule has 0 bridgehead atoms. The summed E-state index contributed by atoms with van der Waals surface area (Å²) in [5.41, 5.74) is 8.51. The molecule has 18 heteroatoms. The fourth-order valence-electron chi connectivity index (χ4n) is 10.6. The van der Waals surface area contributed by atoms with Crippen LogP contribution in [0.15, 0.2) is 77.4 Å². The summed E-state index contributed by atoms with van der Waals surface area (Å²) in [6.45, 7) is 22.2. The number of nitrogens with zero attached hydrogens (tertiary/aromatic N) is 3. The lowest BCUT2D eigenvalue weighted by Crippen LogP contribution is -2.51. The molecule has 4 heterocycles. The van der Waals surface area contributed by atoms with E-state index in [1.807, 2.05) is 34.6 Å². The highest BCUT2D eigenvalue weighted by molar-refractivity contribution is 7.85. The number of phenolic OH excluding ortho intramolecular Hbond substituents is 1. The van der Waals surface area contributed by atoms with Crippen LogP contribution in [0.4, 0.5) is 11.4 Å². The maximum absolute atomic E-state index is 13.2. The van der Waals surface area contributed by atoms with Gasteiger partial charge < -0.3 is 39.6 Å². The van der Waals surface area contributed by atoms with Crippen LogP contribution in [0.3, 0.4) is 0 Å². The Morgan fingerprint density at radius 1 is 0.776 bits per heavy atom. The van der Waals surface area contributed by atoms with E-state index in [0.29, 0.717) is 90.7 Å². The van der Waals surface area contributed by atoms with Crippen LogP contribution in [0.1, 0.15) is 106 Å². The van der Waals surface area contributed by atoms with Crippen molar-refractivity contribution in [2.24, 2.45) is 0 Å². The van der Waals surface area contributed by atoms with E-state index in [1.165, 1.54) is 23.8 Å². The average molecular weight is 1070 g/mol. The van der Waals surface area contributed by atoms with E-state index in [1.54, 1.807) is 19.1 Å². The van der Waals surface area contributed by atoms with E-state index in [9.17, 15) is 37.3 Å². The molecule has 4 aliphatic rings. The Kier molecular flexibility index (Phi) is 18.2. The highest BCUT2D eigenvalue weighted by Gasteiger charge is 2.46. The molecule has 3 aromatic carbocycles. The zero-order valence-electron chi connectivity index (χ0n) is 45.6. The summed E-state index contributed by atoms with van der Waals surface area (Å²) in [6, 6.07) is 11.2. The summed E-state index contributed by atoms with van der Waals surface area (Å²) < 4.78 is 60.7. The van der Waals surface area contributed by atoms with Crippen LogP contribution in [0.2, 0.25) is 0 Å². The minimum Gasteiger partial charge on any atom is -0.507 e. The SMILES string of the molecule is Cc1ccc2c(c1)C(C)(C)C(=CC=CC1=[N+](CCCCCC(=O)NCCN3C(=O)C=CC3=O)c3ccc(S(=O)(=O)O)cc3C1(C)C)N2CCOCCOCCOCCNC(=O)C1(C)CCc2c(C)c(O)c(C)c(C)c2O1. The van der Waals surface area contributed by atoms with Gasteiger partial charge in [0.2, 0.25) is 11.6 Å². The molecule has 0 aromatic heterocycles. The van der Waals surface area contributed by atoms with Gasteiger partial charge in [0.15, 0.2) is 11.3 Å². The quantitative estimate of drug-likeness (QED) is 0.0291. The highest BCUT2D eigenvalue weighted by Crippen LogP contribution is 2.48. The summed E-state index contributed by atoms with van der Waals surface area (Å²) in [4.78, 5) is 52.7. The van der Waals surface area contributed by atoms with Gasteiger partial charge in [-0.15, -0.1) is 0 Å². The first-order valence-electron chi connectivity index (χ1n) is 26.3. The third kappa shape index (κ3) is 12.6. The number of imide groups is 1. The van der Waals surface area contributed by atoms with Crippen molar-refractivity contribution in [3.8, 4) is 11.5 Å². The van der Waals surface area contributed by atoms with Crippen molar-refractivity contribution < 1.29 is 60.8 Å². The summed E-state index contributed by atoms with van der Waals surface area (Å²) in [5, 5.41) is 16.2. The zero-order chi connectivity index (χ0) is 55.2. The van der Waals surface area contributed by atoms with Crippen LogP contribution in [0.5, 0.6) is 11.5 Å². The molecule has 0 fully saturated rings. The number of allylic oxidation sites excluding steroid dienone is 4. The second kappa shape index (κ2) is 24.0. The Bertz CT molecular complexity index is 2960. The van der Waals surface area contributed by atoms with Gasteiger partial charge in [0.1, 0.15) is 18.0 Å². The maximum atomic E-state index is 13.2. The molecule has 0 saturated carbocycles. The molecule has 76 heavy (non-hydrogen) atoms. The predicted octanol–water partition coefficient (Wildman–Crippen LogP) is 7.04. The first-order valence-corrected chi connectivity index (χ1v) is 27.8. The highest BCUT2D eigenvalue weighted by atomic mass is 32.2. The number of benzene rings is 3. The summed E-state index contributed by atoms with van der Waals surface area (Å²) in [7, 11) is -4.45. The van der Waals surface area contributed by atoms with E-state index in [4.69, 9.17) is 18.9 Å². The smallest absolute Gasteiger partial charge is 0.294 e. The number of carbonyl (C=O) groups excluding carboxylic acids is 4. The lowest BCUT2D eigenvalue weighted by atomic mass is 9.81. The molecule has 7 rings (SSSR count). The van der Waals surface area contributed by atoms with Gasteiger partial charge in [-0.25, -0.2) is 0 Å². The first-order chi connectivity index (χ1) is 36.0. The zero-order valence-corrected chi connectivity index (χ0v) is 46.4. The second-order valence-corrected chi connectivity index (χ2v) is 22.7. The van der Waals surface area contributed by atoms with E-state index >= 15 is 0 Å². The first kappa shape index (κ1) is 57.5.